The van der Waals surface area contributed by atoms with Gasteiger partial charge in [0.1, 0.15) is 0 Å². The maximum atomic E-state index is 2.40. The first-order chi connectivity index (χ1) is 15.1. The van der Waals surface area contributed by atoms with E-state index in [9.17, 15) is 0 Å². The van der Waals surface area contributed by atoms with Crippen LogP contribution in [0.25, 0.3) is 0 Å². The van der Waals surface area contributed by atoms with Crippen molar-refractivity contribution in [1.29, 1.82) is 0 Å². The van der Waals surface area contributed by atoms with Crippen molar-refractivity contribution in [2.24, 2.45) is 0 Å². The van der Waals surface area contributed by atoms with Gasteiger partial charge in [0, 0.05) is 10.8 Å². The van der Waals surface area contributed by atoms with Crippen LogP contribution in [0.15, 0.2) is 121 Å². The third-order valence-corrected chi connectivity index (χ3v) is 7.00. The standard InChI is InChI=1S/C31H32/c1-30(26-16-7-3-8-17-26,27-18-9-4-10-19-27)24-15-25-31(2,28-20-11-5-12-21-28)29-22-13-6-14-23-29/h3-14,16-23H,15,24-25H2,1-2H3. The summed E-state index contributed by atoms with van der Waals surface area (Å²) in [6.07, 6.45) is 3.35. The van der Waals surface area contributed by atoms with Crippen LogP contribution in [0.3, 0.4) is 0 Å². The Labute approximate surface area is 187 Å². The van der Waals surface area contributed by atoms with Crippen LogP contribution in [0.2, 0.25) is 0 Å². The van der Waals surface area contributed by atoms with E-state index < -0.39 is 0 Å². The van der Waals surface area contributed by atoms with Gasteiger partial charge in [-0.2, -0.15) is 0 Å². The van der Waals surface area contributed by atoms with Gasteiger partial charge in [-0.15, -0.1) is 0 Å². The summed E-state index contributed by atoms with van der Waals surface area (Å²) in [6.45, 7) is 4.81. The molecule has 0 aromatic heterocycles. The lowest BCUT2D eigenvalue weighted by Crippen LogP contribution is -2.27. The molecule has 0 aliphatic carbocycles. The lowest BCUT2D eigenvalue weighted by molar-refractivity contribution is 0.426. The third-order valence-electron chi connectivity index (χ3n) is 7.00. The molecule has 0 fully saturated rings. The van der Waals surface area contributed by atoms with Crippen LogP contribution in [0.5, 0.6) is 0 Å². The Balaban J connectivity index is 1.64. The molecule has 0 heterocycles. The van der Waals surface area contributed by atoms with E-state index in [1.54, 1.807) is 0 Å². The average molecular weight is 405 g/mol. The zero-order chi connectivity index (χ0) is 21.6. The Kier molecular flexibility index (Phi) is 6.37. The summed E-state index contributed by atoms with van der Waals surface area (Å²) in [5, 5.41) is 0. The molecule has 0 N–H and O–H groups in total. The van der Waals surface area contributed by atoms with E-state index >= 15 is 0 Å². The van der Waals surface area contributed by atoms with Crippen molar-refractivity contribution in [1.82, 2.24) is 0 Å². The Hall–Kier alpha value is -3.12. The quantitative estimate of drug-likeness (QED) is 0.278. The third kappa shape index (κ3) is 4.49. The molecule has 0 unspecified atom stereocenters. The van der Waals surface area contributed by atoms with Gasteiger partial charge in [0.05, 0.1) is 0 Å². The molecule has 0 amide bonds. The summed E-state index contributed by atoms with van der Waals surface area (Å²) in [5.74, 6) is 0. The van der Waals surface area contributed by atoms with Gasteiger partial charge in [0.15, 0.2) is 0 Å². The van der Waals surface area contributed by atoms with Crippen LogP contribution >= 0.6 is 0 Å². The summed E-state index contributed by atoms with van der Waals surface area (Å²) in [5.41, 5.74) is 5.56. The molecule has 156 valence electrons. The van der Waals surface area contributed by atoms with E-state index in [1.165, 1.54) is 22.3 Å². The van der Waals surface area contributed by atoms with Gasteiger partial charge in [0.2, 0.25) is 0 Å². The Morgan fingerprint density at radius 1 is 0.387 bits per heavy atom. The molecule has 0 aliphatic heterocycles. The fourth-order valence-corrected chi connectivity index (χ4v) is 4.93. The van der Waals surface area contributed by atoms with E-state index in [0.29, 0.717) is 0 Å². The highest BCUT2D eigenvalue weighted by atomic mass is 14.4. The van der Waals surface area contributed by atoms with E-state index in [-0.39, 0.29) is 10.8 Å². The molecule has 0 radical (unpaired) electrons. The minimum absolute atomic E-state index is 0.00317. The topological polar surface area (TPSA) is 0 Å². The van der Waals surface area contributed by atoms with Gasteiger partial charge in [-0.05, 0) is 35.1 Å². The predicted octanol–water partition coefficient (Wildman–Crippen LogP) is 8.17. The Morgan fingerprint density at radius 2 is 0.613 bits per heavy atom. The number of hydrogen-bond donors (Lipinski definition) is 0. The van der Waals surface area contributed by atoms with Gasteiger partial charge in [-0.25, -0.2) is 0 Å². The summed E-state index contributed by atoms with van der Waals surface area (Å²) in [7, 11) is 0. The molecule has 0 heteroatoms. The van der Waals surface area contributed by atoms with Crippen LogP contribution in [0.1, 0.15) is 55.4 Å². The predicted molar refractivity (Wildman–Crippen MR) is 133 cm³/mol. The van der Waals surface area contributed by atoms with Gasteiger partial charge in [0.25, 0.3) is 0 Å². The molecule has 0 spiro atoms. The number of rotatable bonds is 8. The fraction of sp³-hybridized carbons (Fsp3) is 0.226. The molecule has 31 heavy (non-hydrogen) atoms. The zero-order valence-corrected chi connectivity index (χ0v) is 18.7. The van der Waals surface area contributed by atoms with E-state index in [2.05, 4.69) is 135 Å². The highest BCUT2D eigenvalue weighted by Crippen LogP contribution is 2.41. The van der Waals surface area contributed by atoms with Crippen molar-refractivity contribution in [3.05, 3.63) is 144 Å². The summed E-state index contributed by atoms with van der Waals surface area (Å²) < 4.78 is 0. The minimum Gasteiger partial charge on any atom is -0.0622 e. The Bertz CT molecular complexity index is 882. The Morgan fingerprint density at radius 3 is 0.839 bits per heavy atom. The highest BCUT2D eigenvalue weighted by Gasteiger charge is 2.32. The van der Waals surface area contributed by atoms with Crippen molar-refractivity contribution in [2.75, 3.05) is 0 Å². The molecule has 0 bridgehead atoms. The summed E-state index contributed by atoms with van der Waals surface area (Å²) >= 11 is 0. The first kappa shape index (κ1) is 21.1. The zero-order valence-electron chi connectivity index (χ0n) is 18.7. The smallest absolute Gasteiger partial charge is 0.0174 e. The minimum atomic E-state index is -0.00317. The van der Waals surface area contributed by atoms with Crippen LogP contribution in [0, 0.1) is 0 Å². The van der Waals surface area contributed by atoms with Crippen molar-refractivity contribution in [2.45, 2.75) is 43.9 Å². The van der Waals surface area contributed by atoms with Crippen molar-refractivity contribution >= 4 is 0 Å². The van der Waals surface area contributed by atoms with Crippen LogP contribution in [0.4, 0.5) is 0 Å². The lowest BCUT2D eigenvalue weighted by atomic mass is 9.68. The van der Waals surface area contributed by atoms with Gasteiger partial charge in [-0.3, -0.25) is 0 Å². The maximum Gasteiger partial charge on any atom is 0.0174 e. The molecule has 0 saturated heterocycles. The number of benzene rings is 4. The summed E-state index contributed by atoms with van der Waals surface area (Å²) in [4.78, 5) is 0. The maximum absolute atomic E-state index is 2.40. The van der Waals surface area contributed by atoms with Crippen LogP contribution in [-0.2, 0) is 10.8 Å². The molecule has 0 nitrogen and oxygen atoms in total. The second-order valence-electron chi connectivity index (χ2n) is 8.98. The first-order valence-corrected chi connectivity index (χ1v) is 11.3. The van der Waals surface area contributed by atoms with Gasteiger partial charge in [-0.1, -0.05) is 142 Å². The monoisotopic (exact) mass is 404 g/mol. The first-order valence-electron chi connectivity index (χ1n) is 11.3. The average Bonchev–Trinajstić information content (AvgIpc) is 2.86. The number of hydrogen-bond acceptors (Lipinski definition) is 0. The molecular formula is C31H32. The van der Waals surface area contributed by atoms with Gasteiger partial charge < -0.3 is 0 Å². The fourth-order valence-electron chi connectivity index (χ4n) is 4.93. The normalized spacial score (nSPS) is 11.9. The van der Waals surface area contributed by atoms with Crippen molar-refractivity contribution < 1.29 is 0 Å². The van der Waals surface area contributed by atoms with E-state index in [0.717, 1.165) is 19.3 Å². The van der Waals surface area contributed by atoms with Crippen molar-refractivity contribution in [3.8, 4) is 0 Å². The molecule has 4 rings (SSSR count). The molecule has 0 saturated carbocycles. The van der Waals surface area contributed by atoms with Crippen LogP contribution < -0.4 is 0 Å². The van der Waals surface area contributed by atoms with Crippen LogP contribution in [-0.4, -0.2) is 0 Å². The molecular weight excluding hydrogens is 372 g/mol. The van der Waals surface area contributed by atoms with E-state index in [1.807, 2.05) is 0 Å². The molecule has 0 atom stereocenters. The SMILES string of the molecule is CC(CCCC(C)(c1ccccc1)c1ccccc1)(c1ccccc1)c1ccccc1. The van der Waals surface area contributed by atoms with Gasteiger partial charge >= 0.3 is 0 Å². The second kappa shape index (κ2) is 9.35. The highest BCUT2D eigenvalue weighted by molar-refractivity contribution is 5.40. The summed E-state index contributed by atoms with van der Waals surface area (Å²) in [6, 6.07) is 43.9. The molecule has 4 aromatic rings. The van der Waals surface area contributed by atoms with Crippen molar-refractivity contribution in [3.63, 3.8) is 0 Å². The molecule has 0 aliphatic rings. The second-order valence-corrected chi connectivity index (χ2v) is 8.98. The molecule has 4 aromatic carbocycles. The lowest BCUT2D eigenvalue weighted by Gasteiger charge is -2.35. The largest absolute Gasteiger partial charge is 0.0622 e. The van der Waals surface area contributed by atoms with E-state index in [4.69, 9.17) is 0 Å².